The molecule has 6 heteroatoms. The molecule has 0 radical (unpaired) electrons. The van der Waals surface area contributed by atoms with Gasteiger partial charge >= 0.3 is 5.97 Å². The van der Waals surface area contributed by atoms with Crippen LogP contribution in [0.2, 0.25) is 5.02 Å². The van der Waals surface area contributed by atoms with Crippen molar-refractivity contribution in [1.82, 2.24) is 4.98 Å². The minimum absolute atomic E-state index is 0.101. The average Bonchev–Trinajstić information content (AvgIpc) is 2.77. The molecule has 1 heterocycles. The first-order valence-electron chi connectivity index (χ1n) is 5.32. The number of aliphatic carboxylic acids is 1. The Kier molecular flexibility index (Phi) is 4.17. The van der Waals surface area contributed by atoms with Crippen molar-refractivity contribution in [2.24, 2.45) is 0 Å². The van der Waals surface area contributed by atoms with Crippen LogP contribution in [-0.4, -0.2) is 16.1 Å². The van der Waals surface area contributed by atoms with E-state index in [9.17, 15) is 4.79 Å². The van der Waals surface area contributed by atoms with Crippen LogP contribution in [0.1, 0.15) is 12.1 Å². The van der Waals surface area contributed by atoms with E-state index in [1.54, 1.807) is 12.1 Å². The molecule has 1 aromatic carbocycles. The summed E-state index contributed by atoms with van der Waals surface area (Å²) in [4.78, 5) is 14.8. The topological polar surface area (TPSA) is 62.2 Å². The second-order valence-corrected chi connectivity index (χ2v) is 4.96. The molecule has 18 heavy (non-hydrogen) atoms. The van der Waals surface area contributed by atoms with E-state index in [1.807, 2.05) is 17.5 Å². The lowest BCUT2D eigenvalue weighted by Gasteiger charge is -2.01. The quantitative estimate of drug-likeness (QED) is 0.880. The number of aromatic nitrogens is 1. The Morgan fingerprint density at radius 1 is 1.39 bits per heavy atom. The van der Waals surface area contributed by atoms with E-state index in [1.165, 1.54) is 11.3 Å². The normalized spacial score (nSPS) is 10.3. The van der Waals surface area contributed by atoms with Gasteiger partial charge in [-0.05, 0) is 24.3 Å². The molecule has 94 valence electrons. The zero-order chi connectivity index (χ0) is 13.0. The van der Waals surface area contributed by atoms with Crippen molar-refractivity contribution in [3.63, 3.8) is 0 Å². The van der Waals surface area contributed by atoms with Gasteiger partial charge in [0.15, 0.2) is 5.13 Å². The van der Waals surface area contributed by atoms with E-state index in [0.29, 0.717) is 11.4 Å². The largest absolute Gasteiger partial charge is 0.481 e. The number of hydrogen-bond acceptors (Lipinski definition) is 4. The molecule has 0 amide bonds. The SMILES string of the molecule is O=C(O)CCc1csc(Nc2ccc(Cl)cc2)n1. The molecule has 1 aromatic heterocycles. The summed E-state index contributed by atoms with van der Waals surface area (Å²) in [6.45, 7) is 0. The fourth-order valence-corrected chi connectivity index (χ4v) is 2.26. The van der Waals surface area contributed by atoms with Crippen molar-refractivity contribution in [2.45, 2.75) is 12.8 Å². The third-order valence-electron chi connectivity index (χ3n) is 2.24. The molecule has 0 aliphatic carbocycles. The highest BCUT2D eigenvalue weighted by molar-refractivity contribution is 7.13. The van der Waals surface area contributed by atoms with Gasteiger partial charge in [0.2, 0.25) is 0 Å². The first kappa shape index (κ1) is 12.9. The van der Waals surface area contributed by atoms with Crippen molar-refractivity contribution in [3.8, 4) is 0 Å². The Hall–Kier alpha value is -1.59. The molecule has 4 nitrogen and oxygen atoms in total. The lowest BCUT2D eigenvalue weighted by Crippen LogP contribution is -1.97. The summed E-state index contributed by atoms with van der Waals surface area (Å²) >= 11 is 7.25. The van der Waals surface area contributed by atoms with Gasteiger partial charge in [-0.2, -0.15) is 0 Å². The highest BCUT2D eigenvalue weighted by Gasteiger charge is 2.04. The zero-order valence-corrected chi connectivity index (χ0v) is 11.0. The van der Waals surface area contributed by atoms with Gasteiger partial charge in [-0.1, -0.05) is 11.6 Å². The Morgan fingerprint density at radius 2 is 2.11 bits per heavy atom. The molecule has 2 rings (SSSR count). The molecule has 2 N–H and O–H groups in total. The van der Waals surface area contributed by atoms with Crippen LogP contribution in [0.3, 0.4) is 0 Å². The summed E-state index contributed by atoms with van der Waals surface area (Å²) in [5.74, 6) is -0.810. The van der Waals surface area contributed by atoms with E-state index >= 15 is 0 Å². The van der Waals surface area contributed by atoms with Gasteiger partial charge in [-0.25, -0.2) is 4.98 Å². The highest BCUT2D eigenvalue weighted by Crippen LogP contribution is 2.22. The Balaban J connectivity index is 1.97. The second-order valence-electron chi connectivity index (χ2n) is 3.67. The molecular formula is C12H11ClN2O2S. The molecular weight excluding hydrogens is 272 g/mol. The summed E-state index contributed by atoms with van der Waals surface area (Å²) in [7, 11) is 0. The number of carboxylic acids is 1. The standard InChI is InChI=1S/C12H11ClN2O2S/c13-8-1-3-9(4-2-8)14-12-15-10(7-18-12)5-6-11(16)17/h1-4,7H,5-6H2,(H,14,15)(H,16,17). The van der Waals surface area contributed by atoms with Crippen LogP contribution in [0.15, 0.2) is 29.6 Å². The van der Waals surface area contributed by atoms with Crippen molar-refractivity contribution in [3.05, 3.63) is 40.4 Å². The van der Waals surface area contributed by atoms with Crippen molar-refractivity contribution < 1.29 is 9.90 Å². The molecule has 0 aliphatic heterocycles. The van der Waals surface area contributed by atoms with Crippen LogP contribution < -0.4 is 5.32 Å². The number of anilines is 2. The number of rotatable bonds is 5. The number of benzene rings is 1. The van der Waals surface area contributed by atoms with Crippen molar-refractivity contribution in [2.75, 3.05) is 5.32 Å². The molecule has 0 saturated heterocycles. The van der Waals surface area contributed by atoms with Gasteiger partial charge in [-0.15, -0.1) is 11.3 Å². The molecule has 2 aromatic rings. The number of aryl methyl sites for hydroxylation is 1. The Morgan fingerprint density at radius 3 is 2.78 bits per heavy atom. The van der Waals surface area contributed by atoms with Crippen LogP contribution >= 0.6 is 22.9 Å². The van der Waals surface area contributed by atoms with E-state index in [4.69, 9.17) is 16.7 Å². The zero-order valence-electron chi connectivity index (χ0n) is 9.39. The van der Waals surface area contributed by atoms with Crippen LogP contribution in [0.25, 0.3) is 0 Å². The van der Waals surface area contributed by atoms with Crippen LogP contribution in [0.5, 0.6) is 0 Å². The Bertz CT molecular complexity index is 539. The average molecular weight is 283 g/mol. The number of halogens is 1. The fourth-order valence-electron chi connectivity index (χ4n) is 1.37. The van der Waals surface area contributed by atoms with E-state index < -0.39 is 5.97 Å². The molecule has 0 unspecified atom stereocenters. The van der Waals surface area contributed by atoms with Crippen LogP contribution in [0, 0.1) is 0 Å². The minimum Gasteiger partial charge on any atom is -0.481 e. The molecule has 0 fully saturated rings. The number of nitrogens with zero attached hydrogens (tertiary/aromatic N) is 1. The predicted molar refractivity (Wildman–Crippen MR) is 72.8 cm³/mol. The first-order chi connectivity index (χ1) is 8.63. The fraction of sp³-hybridized carbons (Fsp3) is 0.167. The molecule has 0 bridgehead atoms. The number of hydrogen-bond donors (Lipinski definition) is 2. The second kappa shape index (κ2) is 5.84. The van der Waals surface area contributed by atoms with Gasteiger partial charge in [-0.3, -0.25) is 4.79 Å². The summed E-state index contributed by atoms with van der Waals surface area (Å²) in [5, 5.41) is 15.0. The monoisotopic (exact) mass is 282 g/mol. The molecule has 0 aliphatic rings. The van der Waals surface area contributed by atoms with Gasteiger partial charge in [0.1, 0.15) is 0 Å². The van der Waals surface area contributed by atoms with Crippen LogP contribution in [0.4, 0.5) is 10.8 Å². The van der Waals surface area contributed by atoms with E-state index in [2.05, 4.69) is 10.3 Å². The number of carbonyl (C=O) groups is 1. The summed E-state index contributed by atoms with van der Waals surface area (Å²) in [6.07, 6.45) is 0.554. The van der Waals surface area contributed by atoms with E-state index in [0.717, 1.165) is 16.5 Å². The Labute approximate surface area is 113 Å². The molecule has 0 atom stereocenters. The van der Waals surface area contributed by atoms with Gasteiger partial charge in [0, 0.05) is 22.5 Å². The summed E-state index contributed by atoms with van der Waals surface area (Å²) < 4.78 is 0. The third-order valence-corrected chi connectivity index (χ3v) is 3.30. The maximum absolute atomic E-state index is 10.4. The highest BCUT2D eigenvalue weighted by atomic mass is 35.5. The minimum atomic E-state index is -0.810. The molecule has 0 saturated carbocycles. The third kappa shape index (κ3) is 3.72. The predicted octanol–water partition coefficient (Wildman–Crippen LogP) is 3.56. The van der Waals surface area contributed by atoms with Crippen molar-refractivity contribution >= 4 is 39.7 Å². The van der Waals surface area contributed by atoms with Crippen LogP contribution in [-0.2, 0) is 11.2 Å². The van der Waals surface area contributed by atoms with Gasteiger partial charge in [0.05, 0.1) is 12.1 Å². The summed E-state index contributed by atoms with van der Waals surface area (Å²) in [5.41, 5.74) is 1.69. The number of thiazole rings is 1. The summed E-state index contributed by atoms with van der Waals surface area (Å²) in [6, 6.07) is 7.31. The van der Waals surface area contributed by atoms with Crippen molar-refractivity contribution in [1.29, 1.82) is 0 Å². The maximum Gasteiger partial charge on any atom is 0.303 e. The van der Waals surface area contributed by atoms with E-state index in [-0.39, 0.29) is 6.42 Å². The number of carboxylic acid groups (broad SMARTS) is 1. The molecule has 0 spiro atoms. The smallest absolute Gasteiger partial charge is 0.303 e. The van der Waals surface area contributed by atoms with Gasteiger partial charge in [0.25, 0.3) is 0 Å². The first-order valence-corrected chi connectivity index (χ1v) is 6.58. The lowest BCUT2D eigenvalue weighted by molar-refractivity contribution is -0.136. The van der Waals surface area contributed by atoms with Gasteiger partial charge < -0.3 is 10.4 Å². The maximum atomic E-state index is 10.4. The number of nitrogens with one attached hydrogen (secondary N) is 1. The lowest BCUT2D eigenvalue weighted by atomic mass is 10.2.